The standard InChI is InChI=1S/C23H26FNO4S/c1-28-21-13-18-12-19(30(26,27)23(18)14-22(21)29-2)11-16-7-9-25(10-8-16)15-17-5-3-4-6-20(17)24/h3-6,11,13-14,16H,7-10,12,15H2,1-2H3/b19-11+. The summed E-state index contributed by atoms with van der Waals surface area (Å²) >= 11 is 0. The van der Waals surface area contributed by atoms with Gasteiger partial charge in [-0.2, -0.15) is 0 Å². The summed E-state index contributed by atoms with van der Waals surface area (Å²) in [7, 11) is -0.470. The fourth-order valence-electron chi connectivity index (χ4n) is 4.27. The van der Waals surface area contributed by atoms with Crippen LogP contribution in [0.2, 0.25) is 0 Å². The SMILES string of the molecule is COc1cc2c(cc1OC)S(=O)(=O)/C(=C/C1CCN(Cc3ccccc3F)CC1)C2. The van der Waals surface area contributed by atoms with Crippen molar-refractivity contribution in [1.29, 1.82) is 0 Å². The van der Waals surface area contributed by atoms with Crippen molar-refractivity contribution in [3.63, 3.8) is 0 Å². The number of fused-ring (bicyclic) bond motifs is 1. The minimum Gasteiger partial charge on any atom is -0.493 e. The molecule has 2 aliphatic heterocycles. The third kappa shape index (κ3) is 3.96. The second-order valence-electron chi connectivity index (χ2n) is 7.83. The molecule has 1 fully saturated rings. The minimum atomic E-state index is -3.51. The zero-order valence-electron chi connectivity index (χ0n) is 17.2. The second-order valence-corrected chi connectivity index (χ2v) is 9.80. The lowest BCUT2D eigenvalue weighted by molar-refractivity contribution is 0.193. The maximum Gasteiger partial charge on any atom is 0.203 e. The number of benzene rings is 2. The molecule has 0 aromatic heterocycles. The number of methoxy groups -OCH3 is 2. The number of sulfone groups is 1. The van der Waals surface area contributed by atoms with Crippen LogP contribution in [0.5, 0.6) is 11.5 Å². The molecule has 160 valence electrons. The van der Waals surface area contributed by atoms with Crippen molar-refractivity contribution < 1.29 is 22.3 Å². The van der Waals surface area contributed by atoms with Gasteiger partial charge < -0.3 is 9.47 Å². The van der Waals surface area contributed by atoms with Gasteiger partial charge in [-0.1, -0.05) is 24.3 Å². The highest BCUT2D eigenvalue weighted by Crippen LogP contribution is 2.41. The number of rotatable bonds is 5. The lowest BCUT2D eigenvalue weighted by atomic mass is 9.95. The summed E-state index contributed by atoms with van der Waals surface area (Å²) in [4.78, 5) is 2.99. The van der Waals surface area contributed by atoms with Crippen LogP contribution in [0.1, 0.15) is 24.0 Å². The van der Waals surface area contributed by atoms with Crippen LogP contribution in [0.4, 0.5) is 4.39 Å². The molecular weight excluding hydrogens is 405 g/mol. The lowest BCUT2D eigenvalue weighted by Crippen LogP contribution is -2.33. The van der Waals surface area contributed by atoms with E-state index in [2.05, 4.69) is 4.90 Å². The molecule has 2 aromatic rings. The molecule has 0 spiro atoms. The summed E-state index contributed by atoms with van der Waals surface area (Å²) in [6, 6.07) is 10.2. The molecule has 4 rings (SSSR count). The zero-order chi connectivity index (χ0) is 21.3. The molecule has 0 bridgehead atoms. The van der Waals surface area contributed by atoms with Crippen molar-refractivity contribution in [2.75, 3.05) is 27.3 Å². The Labute approximate surface area is 177 Å². The van der Waals surface area contributed by atoms with Gasteiger partial charge in [0.05, 0.1) is 19.1 Å². The minimum absolute atomic E-state index is 0.178. The molecule has 7 heteroatoms. The van der Waals surface area contributed by atoms with Gasteiger partial charge in [0.2, 0.25) is 9.84 Å². The summed E-state index contributed by atoms with van der Waals surface area (Å²) in [5.74, 6) is 0.976. The molecule has 0 amide bonds. The van der Waals surface area contributed by atoms with Gasteiger partial charge in [-0.05, 0) is 49.5 Å². The number of ether oxygens (including phenoxy) is 2. The van der Waals surface area contributed by atoms with E-state index in [0.717, 1.165) is 31.5 Å². The van der Waals surface area contributed by atoms with Crippen molar-refractivity contribution in [3.05, 3.63) is 64.3 Å². The van der Waals surface area contributed by atoms with E-state index in [1.54, 1.807) is 25.3 Å². The van der Waals surface area contributed by atoms with Gasteiger partial charge in [-0.25, -0.2) is 12.8 Å². The van der Waals surface area contributed by atoms with E-state index in [1.165, 1.54) is 13.2 Å². The van der Waals surface area contributed by atoms with Gasteiger partial charge >= 0.3 is 0 Å². The average Bonchev–Trinajstić information content (AvgIpc) is 2.99. The first-order valence-corrected chi connectivity index (χ1v) is 11.6. The van der Waals surface area contributed by atoms with E-state index < -0.39 is 9.84 Å². The third-order valence-corrected chi connectivity index (χ3v) is 7.90. The van der Waals surface area contributed by atoms with Crippen LogP contribution in [0.15, 0.2) is 52.3 Å². The largest absolute Gasteiger partial charge is 0.493 e. The smallest absolute Gasteiger partial charge is 0.203 e. The molecule has 0 saturated carbocycles. The summed E-state index contributed by atoms with van der Waals surface area (Å²) < 4.78 is 50.6. The van der Waals surface area contributed by atoms with Crippen LogP contribution >= 0.6 is 0 Å². The Balaban J connectivity index is 1.46. The van der Waals surface area contributed by atoms with E-state index in [-0.39, 0.29) is 11.7 Å². The highest BCUT2D eigenvalue weighted by atomic mass is 32.2. The first-order valence-electron chi connectivity index (χ1n) is 10.1. The van der Waals surface area contributed by atoms with Crippen LogP contribution in [0, 0.1) is 11.7 Å². The monoisotopic (exact) mass is 431 g/mol. The van der Waals surface area contributed by atoms with E-state index in [9.17, 15) is 12.8 Å². The molecule has 0 unspecified atom stereocenters. The first kappa shape index (κ1) is 20.9. The predicted molar refractivity (Wildman–Crippen MR) is 113 cm³/mol. The Morgan fingerprint density at radius 2 is 1.77 bits per heavy atom. The Morgan fingerprint density at radius 1 is 1.10 bits per heavy atom. The van der Waals surface area contributed by atoms with Gasteiger partial charge in [0.15, 0.2) is 11.5 Å². The van der Waals surface area contributed by atoms with Crippen molar-refractivity contribution in [2.45, 2.75) is 30.7 Å². The molecule has 30 heavy (non-hydrogen) atoms. The topological polar surface area (TPSA) is 55.8 Å². The van der Waals surface area contributed by atoms with Crippen LogP contribution in [-0.4, -0.2) is 40.6 Å². The van der Waals surface area contributed by atoms with Gasteiger partial charge in [-0.3, -0.25) is 4.90 Å². The molecule has 0 radical (unpaired) electrons. The fourth-order valence-corrected chi connectivity index (χ4v) is 6.01. The first-order chi connectivity index (χ1) is 14.4. The molecule has 2 aliphatic rings. The fraction of sp³-hybridized carbons (Fsp3) is 0.391. The van der Waals surface area contributed by atoms with E-state index in [4.69, 9.17) is 9.47 Å². The van der Waals surface area contributed by atoms with Crippen LogP contribution < -0.4 is 9.47 Å². The quantitative estimate of drug-likeness (QED) is 0.717. The van der Waals surface area contributed by atoms with E-state index in [0.29, 0.717) is 39.8 Å². The number of hydrogen-bond acceptors (Lipinski definition) is 5. The number of likely N-dealkylation sites (tertiary alicyclic amines) is 1. The van der Waals surface area contributed by atoms with Gasteiger partial charge in [-0.15, -0.1) is 0 Å². The molecule has 0 aliphatic carbocycles. The average molecular weight is 432 g/mol. The summed E-state index contributed by atoms with van der Waals surface area (Å²) in [6.45, 7) is 2.22. The predicted octanol–water partition coefficient (Wildman–Crippen LogP) is 3.97. The van der Waals surface area contributed by atoms with Gasteiger partial charge in [0, 0.05) is 29.5 Å². The van der Waals surface area contributed by atoms with E-state index in [1.807, 2.05) is 18.2 Å². The highest BCUT2D eigenvalue weighted by molar-refractivity contribution is 7.95. The molecule has 0 atom stereocenters. The summed E-state index contributed by atoms with van der Waals surface area (Å²) in [5, 5.41) is 0. The third-order valence-electron chi connectivity index (χ3n) is 5.97. The number of halogens is 1. The number of piperidine rings is 1. The molecule has 2 aromatic carbocycles. The van der Waals surface area contributed by atoms with Crippen molar-refractivity contribution in [3.8, 4) is 11.5 Å². The Bertz CT molecular complexity index is 1070. The lowest BCUT2D eigenvalue weighted by Gasteiger charge is -2.31. The Hall–Kier alpha value is -2.38. The van der Waals surface area contributed by atoms with Crippen LogP contribution in [0.3, 0.4) is 0 Å². The Morgan fingerprint density at radius 3 is 2.43 bits per heavy atom. The molecule has 1 saturated heterocycles. The Kier molecular flexibility index (Phi) is 5.84. The van der Waals surface area contributed by atoms with E-state index >= 15 is 0 Å². The maximum absolute atomic E-state index is 13.9. The number of allylic oxidation sites excluding steroid dienone is 2. The van der Waals surface area contributed by atoms with Crippen LogP contribution in [-0.2, 0) is 22.8 Å². The van der Waals surface area contributed by atoms with Crippen molar-refractivity contribution in [1.82, 2.24) is 4.90 Å². The number of hydrogen-bond donors (Lipinski definition) is 0. The van der Waals surface area contributed by atoms with Gasteiger partial charge in [0.25, 0.3) is 0 Å². The zero-order valence-corrected chi connectivity index (χ0v) is 18.0. The molecule has 2 heterocycles. The maximum atomic E-state index is 13.9. The highest BCUT2D eigenvalue weighted by Gasteiger charge is 2.34. The normalized spacial score (nSPS) is 20.3. The van der Waals surface area contributed by atoms with Gasteiger partial charge in [0.1, 0.15) is 5.82 Å². The van der Waals surface area contributed by atoms with Crippen molar-refractivity contribution >= 4 is 9.84 Å². The molecule has 0 N–H and O–H groups in total. The molecular formula is C23H26FNO4S. The summed E-state index contributed by atoms with van der Waals surface area (Å²) in [5.41, 5.74) is 1.45. The summed E-state index contributed by atoms with van der Waals surface area (Å²) in [6.07, 6.45) is 4.02. The van der Waals surface area contributed by atoms with Crippen LogP contribution in [0.25, 0.3) is 0 Å². The second kappa shape index (κ2) is 8.40. The van der Waals surface area contributed by atoms with Crippen molar-refractivity contribution in [2.24, 2.45) is 5.92 Å². The molecule has 5 nitrogen and oxygen atoms in total. The number of nitrogens with zero attached hydrogens (tertiary/aromatic N) is 1.